The largest absolute Gasteiger partial charge is 0.493 e. The van der Waals surface area contributed by atoms with E-state index in [2.05, 4.69) is 15.0 Å². The molecule has 0 N–H and O–H groups in total. The number of aromatic nitrogens is 3. The van der Waals surface area contributed by atoms with Gasteiger partial charge in [0.25, 0.3) is 0 Å². The Hall–Kier alpha value is -4.06. The van der Waals surface area contributed by atoms with Gasteiger partial charge in [0.05, 0.1) is 35.6 Å². The van der Waals surface area contributed by atoms with E-state index in [0.717, 1.165) is 24.5 Å². The highest BCUT2D eigenvalue weighted by atomic mass is 32.2. The van der Waals surface area contributed by atoms with Gasteiger partial charge in [-0.2, -0.15) is 13.2 Å². The number of benzene rings is 2. The van der Waals surface area contributed by atoms with Crippen LogP contribution in [0.3, 0.4) is 0 Å². The summed E-state index contributed by atoms with van der Waals surface area (Å²) in [6, 6.07) is 11.3. The molecule has 0 unspecified atom stereocenters. The summed E-state index contributed by atoms with van der Waals surface area (Å²) in [6.07, 6.45) is -0.950. The van der Waals surface area contributed by atoms with E-state index in [4.69, 9.17) is 9.47 Å². The lowest BCUT2D eigenvalue weighted by Crippen LogP contribution is -2.17. The highest BCUT2D eigenvalue weighted by molar-refractivity contribution is 7.90. The van der Waals surface area contributed by atoms with Crippen LogP contribution in [-0.2, 0) is 21.8 Å². The zero-order chi connectivity index (χ0) is 29.4. The topological polar surface area (TPSA) is 91.3 Å². The van der Waals surface area contributed by atoms with Crippen LogP contribution in [0.5, 0.6) is 11.6 Å². The maximum absolute atomic E-state index is 13.7. The number of rotatable bonds is 7. The maximum Gasteiger partial charge on any atom is 0.416 e. The molecule has 1 atom stereocenters. The van der Waals surface area contributed by atoms with E-state index in [-0.39, 0.29) is 29.3 Å². The van der Waals surface area contributed by atoms with Crippen molar-refractivity contribution in [3.63, 3.8) is 0 Å². The summed E-state index contributed by atoms with van der Waals surface area (Å²) in [5, 5.41) is 0. The molecule has 2 aromatic heterocycles. The molecule has 7 nitrogen and oxygen atoms in total. The minimum absolute atomic E-state index is 0.0394. The quantitative estimate of drug-likeness (QED) is 0.232. The van der Waals surface area contributed by atoms with Crippen LogP contribution >= 0.6 is 0 Å². The van der Waals surface area contributed by atoms with Crippen molar-refractivity contribution in [1.82, 2.24) is 15.0 Å². The molecule has 0 saturated heterocycles. The third kappa shape index (κ3) is 6.32. The van der Waals surface area contributed by atoms with Crippen LogP contribution in [-0.4, -0.2) is 36.1 Å². The normalized spacial score (nSPS) is 15.3. The number of nitrogens with zero attached hydrogens (tertiary/aromatic N) is 3. The summed E-state index contributed by atoms with van der Waals surface area (Å²) in [5.74, 6) is -0.990. The van der Waals surface area contributed by atoms with Crippen LogP contribution in [0.2, 0.25) is 0 Å². The van der Waals surface area contributed by atoms with E-state index in [0.29, 0.717) is 40.3 Å². The van der Waals surface area contributed by atoms with Gasteiger partial charge in [-0.15, -0.1) is 0 Å². The molecule has 1 aliphatic heterocycles. The second-order valence-corrected chi connectivity index (χ2v) is 11.8. The second kappa shape index (κ2) is 11.1. The van der Waals surface area contributed by atoms with Crippen molar-refractivity contribution < 1.29 is 35.5 Å². The van der Waals surface area contributed by atoms with Gasteiger partial charge in [0.1, 0.15) is 17.3 Å². The molecule has 214 valence electrons. The molecule has 41 heavy (non-hydrogen) atoms. The zero-order valence-corrected chi connectivity index (χ0v) is 22.8. The van der Waals surface area contributed by atoms with Crippen molar-refractivity contribution in [2.24, 2.45) is 0 Å². The summed E-state index contributed by atoms with van der Waals surface area (Å²) in [5.41, 5.74) is 1.30. The van der Waals surface area contributed by atoms with Crippen molar-refractivity contribution >= 4 is 9.84 Å². The number of ether oxygens (including phenoxy) is 2. The number of halogens is 4. The van der Waals surface area contributed by atoms with E-state index in [9.17, 15) is 26.0 Å². The highest BCUT2D eigenvalue weighted by Gasteiger charge is 2.33. The number of alkyl halides is 3. The third-order valence-electron chi connectivity index (χ3n) is 6.54. The Morgan fingerprint density at radius 1 is 0.976 bits per heavy atom. The lowest BCUT2D eigenvalue weighted by atomic mass is 9.82. The molecule has 0 fully saturated rings. The molecule has 0 radical (unpaired) electrons. The molecule has 0 spiro atoms. The Labute approximate surface area is 234 Å². The maximum atomic E-state index is 13.7. The number of hydrogen-bond acceptors (Lipinski definition) is 7. The summed E-state index contributed by atoms with van der Waals surface area (Å²) in [7, 11) is -3.90. The Bertz CT molecular complexity index is 1660. The van der Waals surface area contributed by atoms with Gasteiger partial charge in [0.2, 0.25) is 5.88 Å². The average Bonchev–Trinajstić information content (AvgIpc) is 2.93. The first-order valence-corrected chi connectivity index (χ1v) is 14.4. The number of sulfone groups is 1. The van der Waals surface area contributed by atoms with Crippen LogP contribution in [0.4, 0.5) is 17.6 Å². The Balaban J connectivity index is 1.53. The molecule has 5 rings (SSSR count). The summed E-state index contributed by atoms with van der Waals surface area (Å²) >= 11 is 0. The smallest absolute Gasteiger partial charge is 0.416 e. The van der Waals surface area contributed by atoms with Gasteiger partial charge in [0, 0.05) is 29.3 Å². The SMILES string of the molecule is CC(C)Oc1ccc(-c2cc(C(F)(F)F)ccc2[C@@H]2CCOc3cc(S(=O)(=O)Cc4ncc(F)cn4)ccc32)cn1. The summed E-state index contributed by atoms with van der Waals surface area (Å²) < 4.78 is 91.7. The molecule has 1 aliphatic rings. The van der Waals surface area contributed by atoms with E-state index in [1.54, 1.807) is 18.2 Å². The van der Waals surface area contributed by atoms with E-state index < -0.39 is 33.1 Å². The molecule has 0 bridgehead atoms. The van der Waals surface area contributed by atoms with Gasteiger partial charge in [-0.1, -0.05) is 12.1 Å². The monoisotopic (exact) mass is 587 g/mol. The molecule has 0 amide bonds. The van der Waals surface area contributed by atoms with Crippen LogP contribution in [0.15, 0.2) is 72.0 Å². The Morgan fingerprint density at radius 3 is 2.37 bits per heavy atom. The summed E-state index contributed by atoms with van der Waals surface area (Å²) in [6.45, 7) is 3.91. The molecule has 2 aromatic carbocycles. The van der Waals surface area contributed by atoms with Gasteiger partial charge in [-0.3, -0.25) is 0 Å². The predicted octanol–water partition coefficient (Wildman–Crippen LogP) is 6.37. The lowest BCUT2D eigenvalue weighted by Gasteiger charge is -2.29. The first kappa shape index (κ1) is 28.5. The zero-order valence-electron chi connectivity index (χ0n) is 22.0. The van der Waals surface area contributed by atoms with Crippen LogP contribution in [0.1, 0.15) is 48.7 Å². The first-order chi connectivity index (χ1) is 19.4. The van der Waals surface area contributed by atoms with Crippen molar-refractivity contribution in [3.05, 3.63) is 95.5 Å². The number of hydrogen-bond donors (Lipinski definition) is 0. The van der Waals surface area contributed by atoms with Crippen LogP contribution < -0.4 is 9.47 Å². The van der Waals surface area contributed by atoms with E-state index >= 15 is 0 Å². The molecule has 0 saturated carbocycles. The minimum atomic E-state index is -4.55. The fourth-order valence-electron chi connectivity index (χ4n) is 4.69. The van der Waals surface area contributed by atoms with Crippen molar-refractivity contribution in [3.8, 4) is 22.8 Å². The van der Waals surface area contributed by atoms with Gasteiger partial charge < -0.3 is 9.47 Å². The molecule has 4 aromatic rings. The highest BCUT2D eigenvalue weighted by Crippen LogP contribution is 2.44. The minimum Gasteiger partial charge on any atom is -0.493 e. The number of fused-ring (bicyclic) bond motifs is 1. The molecule has 0 aliphatic carbocycles. The fraction of sp³-hybridized carbons (Fsp3) is 0.276. The lowest BCUT2D eigenvalue weighted by molar-refractivity contribution is -0.137. The molecule has 12 heteroatoms. The standard InChI is InChI=1S/C29H25F4N3O4S/c1-17(2)40-28-8-3-18(13-36-28)25-11-19(29(31,32)33)4-6-22(25)23-9-10-39-26-12-21(5-7-24(23)26)41(37,38)16-27-34-14-20(30)15-35-27/h3-8,11-15,17,23H,9-10,16H2,1-2H3/t23-/m0/s1. The van der Waals surface area contributed by atoms with E-state index in [1.165, 1.54) is 24.4 Å². The predicted molar refractivity (Wildman–Crippen MR) is 142 cm³/mol. The summed E-state index contributed by atoms with van der Waals surface area (Å²) in [4.78, 5) is 11.7. The van der Waals surface area contributed by atoms with Crippen molar-refractivity contribution in [1.29, 1.82) is 0 Å². The third-order valence-corrected chi connectivity index (χ3v) is 8.15. The van der Waals surface area contributed by atoms with Gasteiger partial charge in [-0.25, -0.2) is 27.8 Å². The van der Waals surface area contributed by atoms with Gasteiger partial charge in [-0.05, 0) is 61.7 Å². The number of pyridine rings is 1. The Kier molecular flexibility index (Phi) is 7.69. The van der Waals surface area contributed by atoms with E-state index in [1.807, 2.05) is 13.8 Å². The van der Waals surface area contributed by atoms with Crippen molar-refractivity contribution in [2.75, 3.05) is 6.61 Å². The van der Waals surface area contributed by atoms with Gasteiger partial charge >= 0.3 is 6.18 Å². The van der Waals surface area contributed by atoms with Gasteiger partial charge in [0.15, 0.2) is 15.7 Å². The van der Waals surface area contributed by atoms with Crippen LogP contribution in [0.25, 0.3) is 11.1 Å². The Morgan fingerprint density at radius 2 is 1.71 bits per heavy atom. The second-order valence-electron chi connectivity index (χ2n) is 9.82. The first-order valence-electron chi connectivity index (χ1n) is 12.7. The average molecular weight is 588 g/mol. The van der Waals surface area contributed by atoms with Crippen molar-refractivity contribution in [2.45, 2.75) is 49.1 Å². The van der Waals surface area contributed by atoms with Crippen LogP contribution in [0, 0.1) is 5.82 Å². The molecule has 3 heterocycles. The molecular formula is C29H25F4N3O4S. The molecular weight excluding hydrogens is 562 g/mol. The fourth-order valence-corrected chi connectivity index (χ4v) is 5.91.